The molecule has 0 bridgehead atoms. The number of amides is 3. The number of carbonyl (C=O) groups is 4. The average Bonchev–Trinajstić information content (AvgIpc) is 3.06. The van der Waals surface area contributed by atoms with E-state index in [9.17, 15) is 32.7 Å². The number of primary amides is 1. The summed E-state index contributed by atoms with van der Waals surface area (Å²) >= 11 is 0. The normalized spacial score (nSPS) is 13.8. The van der Waals surface area contributed by atoms with Crippen LogP contribution in [0.25, 0.3) is 0 Å². The van der Waals surface area contributed by atoms with Crippen molar-refractivity contribution >= 4 is 34.1 Å². The summed E-state index contributed by atoms with van der Waals surface area (Å²) in [6.07, 6.45) is -3.08. The molecule has 3 rings (SSSR count). The number of ether oxygens (including phenoxy) is 2. The van der Waals surface area contributed by atoms with Gasteiger partial charge in [0.25, 0.3) is 10.2 Å². The van der Waals surface area contributed by atoms with Gasteiger partial charge in [0.1, 0.15) is 23.8 Å². The Hall–Kier alpha value is -4.83. The molecule has 6 N–H and O–H groups in total. The molecule has 0 unspecified atom stereocenters. The summed E-state index contributed by atoms with van der Waals surface area (Å²) in [6.45, 7) is 6.86. The Kier molecular flexibility index (Phi) is 14.9. The maximum Gasteiger partial charge on any atom is 0.408 e. The van der Waals surface area contributed by atoms with Gasteiger partial charge in [-0.2, -0.15) is 17.4 Å². The maximum absolute atomic E-state index is 14.0. The number of carbonyl (C=O) groups excluding carboxylic acids is 4. The third-order valence-corrected chi connectivity index (χ3v) is 9.27. The van der Waals surface area contributed by atoms with Gasteiger partial charge in [0.15, 0.2) is 0 Å². The van der Waals surface area contributed by atoms with Gasteiger partial charge in [0.05, 0.1) is 18.6 Å². The van der Waals surface area contributed by atoms with Crippen LogP contribution >= 0.6 is 0 Å². The summed E-state index contributed by atoms with van der Waals surface area (Å²) in [5.41, 5.74) is 4.78. The van der Waals surface area contributed by atoms with E-state index in [0.29, 0.717) is 16.7 Å². The smallest absolute Gasteiger partial charge is 0.408 e. The molecule has 282 valence electrons. The number of nitrogens with two attached hydrogens (primary N) is 1. The fraction of sp³-hybridized carbons (Fsp3) is 0.405. The van der Waals surface area contributed by atoms with E-state index in [1.165, 1.54) is 13.8 Å². The highest BCUT2D eigenvalue weighted by Crippen LogP contribution is 2.19. The third kappa shape index (κ3) is 14.1. The lowest BCUT2D eigenvalue weighted by atomic mass is 10.00. The summed E-state index contributed by atoms with van der Waals surface area (Å²) in [7, 11) is -4.51. The largest absolute Gasteiger partial charge is 0.459 e. The summed E-state index contributed by atoms with van der Waals surface area (Å²) < 4.78 is 42.0. The number of aliphatic hydroxyl groups excluding tert-OH is 1. The number of alkyl carbamates (subject to hydrolysis) is 1. The van der Waals surface area contributed by atoms with Crippen LogP contribution < -0.4 is 21.1 Å². The lowest BCUT2D eigenvalue weighted by Crippen LogP contribution is -2.59. The predicted octanol–water partition coefficient (Wildman–Crippen LogP) is 2.70. The zero-order valence-electron chi connectivity index (χ0n) is 30.1. The van der Waals surface area contributed by atoms with Crippen molar-refractivity contribution in [3.05, 3.63) is 108 Å². The lowest BCUT2D eigenvalue weighted by Gasteiger charge is -2.34. The highest BCUT2D eigenvalue weighted by molar-refractivity contribution is 7.87. The second-order valence-corrected chi connectivity index (χ2v) is 15.5. The van der Waals surface area contributed by atoms with Crippen molar-refractivity contribution in [1.29, 1.82) is 0 Å². The van der Waals surface area contributed by atoms with Crippen LogP contribution in [0.5, 0.6) is 0 Å². The quantitative estimate of drug-likeness (QED) is 0.121. The fourth-order valence-corrected chi connectivity index (χ4v) is 6.48. The molecule has 0 aromatic heterocycles. The highest BCUT2D eigenvalue weighted by atomic mass is 32.2. The Balaban J connectivity index is 1.89. The standard InChI is InChI=1S/C37H49N5O9S/c1-36(2,3)51-34(46)37(4,5)41-52(48,49)42(23-27-17-11-7-12-18-27)24-31(43)29(21-26-15-9-6-10-16-26)39-33(45)30(22-32(38)44)40-35(47)50-25-28-19-13-8-14-20-28/h6-20,29-31,41,43H,21-25H2,1-5H3,(H2,38,44)(H,39,45)(H,40,47)/t29-,30-,31+/m0/s1. The zero-order chi connectivity index (χ0) is 38.5. The highest BCUT2D eigenvalue weighted by Gasteiger charge is 2.40. The fourth-order valence-electron chi connectivity index (χ4n) is 4.96. The number of esters is 1. The minimum atomic E-state index is -4.51. The molecule has 52 heavy (non-hydrogen) atoms. The molecule has 3 amide bonds. The van der Waals surface area contributed by atoms with Crippen LogP contribution in [0.3, 0.4) is 0 Å². The SMILES string of the molecule is CC(C)(C)OC(=O)C(C)(C)NS(=O)(=O)N(Cc1ccccc1)C[C@@H](O)[C@H](Cc1ccccc1)NC(=O)[C@H](CC(N)=O)NC(=O)OCc1ccccc1. The first kappa shape index (κ1) is 41.6. The van der Waals surface area contributed by atoms with E-state index in [4.69, 9.17) is 15.2 Å². The summed E-state index contributed by atoms with van der Waals surface area (Å²) in [5, 5.41) is 16.7. The minimum Gasteiger partial charge on any atom is -0.459 e. The first-order valence-electron chi connectivity index (χ1n) is 16.7. The van der Waals surface area contributed by atoms with Crippen LogP contribution in [0, 0.1) is 0 Å². The average molecular weight is 740 g/mol. The van der Waals surface area contributed by atoms with Gasteiger partial charge < -0.3 is 30.9 Å². The molecule has 0 saturated heterocycles. The predicted molar refractivity (Wildman–Crippen MR) is 194 cm³/mol. The molecule has 3 aromatic carbocycles. The minimum absolute atomic E-state index is 0.0333. The first-order valence-corrected chi connectivity index (χ1v) is 18.1. The third-order valence-electron chi connectivity index (χ3n) is 7.54. The van der Waals surface area contributed by atoms with Gasteiger partial charge >= 0.3 is 12.1 Å². The Morgan fingerprint density at radius 1 is 0.808 bits per heavy atom. The summed E-state index contributed by atoms with van der Waals surface area (Å²) in [4.78, 5) is 51.2. The molecule has 0 spiro atoms. The topological polar surface area (TPSA) is 206 Å². The molecule has 3 atom stereocenters. The van der Waals surface area contributed by atoms with E-state index in [1.54, 1.807) is 112 Å². The van der Waals surface area contributed by atoms with Crippen molar-refractivity contribution in [2.75, 3.05) is 6.54 Å². The van der Waals surface area contributed by atoms with Crippen molar-refractivity contribution in [2.45, 2.75) is 89.9 Å². The van der Waals surface area contributed by atoms with Gasteiger partial charge in [-0.05, 0) is 57.7 Å². The molecular weight excluding hydrogens is 691 g/mol. The number of rotatable bonds is 18. The second kappa shape index (κ2) is 18.6. The van der Waals surface area contributed by atoms with Crippen LogP contribution in [0.15, 0.2) is 91.0 Å². The lowest BCUT2D eigenvalue weighted by molar-refractivity contribution is -0.161. The van der Waals surface area contributed by atoms with Crippen LogP contribution in [-0.4, -0.2) is 77.6 Å². The Morgan fingerprint density at radius 2 is 1.33 bits per heavy atom. The number of nitrogens with one attached hydrogen (secondary N) is 3. The second-order valence-electron chi connectivity index (χ2n) is 13.8. The maximum atomic E-state index is 14.0. The van der Waals surface area contributed by atoms with Gasteiger partial charge in [0, 0.05) is 13.1 Å². The Morgan fingerprint density at radius 3 is 1.85 bits per heavy atom. The monoisotopic (exact) mass is 739 g/mol. The van der Waals surface area contributed by atoms with Crippen molar-refractivity contribution in [1.82, 2.24) is 19.7 Å². The molecule has 0 saturated carbocycles. The number of hydrogen-bond donors (Lipinski definition) is 5. The number of hydrogen-bond acceptors (Lipinski definition) is 9. The Bertz CT molecular complexity index is 1740. The molecular formula is C37H49N5O9S. The molecule has 0 heterocycles. The molecule has 0 aliphatic heterocycles. The van der Waals surface area contributed by atoms with Gasteiger partial charge in [-0.25, -0.2) is 4.79 Å². The van der Waals surface area contributed by atoms with E-state index < -0.39 is 76.4 Å². The summed E-state index contributed by atoms with van der Waals surface area (Å²) in [6, 6.07) is 23.6. The number of benzene rings is 3. The van der Waals surface area contributed by atoms with E-state index in [0.717, 1.165) is 4.31 Å². The van der Waals surface area contributed by atoms with Gasteiger partial charge in [-0.1, -0.05) is 91.0 Å². The first-order chi connectivity index (χ1) is 24.3. The van der Waals surface area contributed by atoms with E-state index >= 15 is 0 Å². The van der Waals surface area contributed by atoms with Gasteiger partial charge in [-0.15, -0.1) is 0 Å². The molecule has 0 fully saturated rings. The van der Waals surface area contributed by atoms with E-state index in [1.807, 2.05) is 0 Å². The van der Waals surface area contributed by atoms with Crippen molar-refractivity contribution < 1.29 is 42.2 Å². The van der Waals surface area contributed by atoms with Gasteiger partial charge in [-0.3, -0.25) is 14.4 Å². The molecule has 15 heteroatoms. The molecule has 0 aliphatic carbocycles. The molecule has 3 aromatic rings. The van der Waals surface area contributed by atoms with Crippen LogP contribution in [0.1, 0.15) is 57.7 Å². The molecule has 14 nitrogen and oxygen atoms in total. The molecule has 0 radical (unpaired) electrons. The molecule has 0 aliphatic rings. The number of aliphatic hydroxyl groups is 1. The van der Waals surface area contributed by atoms with Crippen LogP contribution in [-0.2, 0) is 53.6 Å². The zero-order valence-corrected chi connectivity index (χ0v) is 30.9. The van der Waals surface area contributed by atoms with Crippen molar-refractivity contribution in [3.8, 4) is 0 Å². The van der Waals surface area contributed by atoms with Crippen molar-refractivity contribution in [3.63, 3.8) is 0 Å². The van der Waals surface area contributed by atoms with E-state index in [2.05, 4.69) is 15.4 Å². The number of nitrogens with zero attached hydrogens (tertiary/aromatic N) is 1. The van der Waals surface area contributed by atoms with Crippen molar-refractivity contribution in [2.24, 2.45) is 5.73 Å². The summed E-state index contributed by atoms with van der Waals surface area (Å²) in [5.74, 6) is -2.56. The van der Waals surface area contributed by atoms with Crippen LogP contribution in [0.2, 0.25) is 0 Å². The van der Waals surface area contributed by atoms with E-state index in [-0.39, 0.29) is 19.6 Å². The Labute approximate surface area is 305 Å². The van der Waals surface area contributed by atoms with Gasteiger partial charge in [0.2, 0.25) is 11.8 Å². The van der Waals surface area contributed by atoms with Crippen LogP contribution in [0.4, 0.5) is 4.79 Å².